The molecule has 4 bridgehead atoms. The third kappa shape index (κ3) is 2.11. The monoisotopic (exact) mass is 257 g/mol. The fourth-order valence-electron chi connectivity index (χ4n) is 5.15. The second-order valence-electron chi connectivity index (χ2n) is 7.09. The Morgan fingerprint density at radius 1 is 1.05 bits per heavy atom. The predicted molar refractivity (Wildman–Crippen MR) is 75.6 cm³/mol. The third-order valence-corrected chi connectivity index (χ3v) is 5.63. The van der Waals surface area contributed by atoms with Crippen molar-refractivity contribution in [2.24, 2.45) is 17.8 Å². The van der Waals surface area contributed by atoms with E-state index in [0.29, 0.717) is 17.9 Å². The average Bonchev–Trinajstić information content (AvgIpc) is 2.37. The lowest BCUT2D eigenvalue weighted by Crippen LogP contribution is -2.60. The number of benzene rings is 1. The van der Waals surface area contributed by atoms with E-state index in [2.05, 4.69) is 35.6 Å². The van der Waals surface area contributed by atoms with Gasteiger partial charge in [0.25, 0.3) is 0 Å². The van der Waals surface area contributed by atoms with Crippen LogP contribution < -0.4 is 5.32 Å². The van der Waals surface area contributed by atoms with Gasteiger partial charge in [-0.2, -0.15) is 0 Å². The molecule has 0 aliphatic heterocycles. The Morgan fingerprint density at radius 2 is 1.74 bits per heavy atom. The minimum atomic E-state index is -0.304. The fraction of sp³-hybridized carbons (Fsp3) is 0.647. The lowest BCUT2D eigenvalue weighted by atomic mass is 9.52. The van der Waals surface area contributed by atoms with Gasteiger partial charge in [-0.25, -0.2) is 0 Å². The van der Waals surface area contributed by atoms with E-state index >= 15 is 0 Å². The topological polar surface area (TPSA) is 32.3 Å². The van der Waals surface area contributed by atoms with E-state index in [9.17, 15) is 5.11 Å². The summed E-state index contributed by atoms with van der Waals surface area (Å²) in [5.41, 5.74) is 1.07. The molecule has 4 aliphatic rings. The highest BCUT2D eigenvalue weighted by Crippen LogP contribution is 2.55. The molecular weight excluding hydrogens is 234 g/mol. The van der Waals surface area contributed by atoms with Crippen LogP contribution in [-0.2, 0) is 6.54 Å². The maximum Gasteiger partial charge on any atom is 0.0657 e. The molecule has 1 aromatic rings. The van der Waals surface area contributed by atoms with E-state index in [4.69, 9.17) is 0 Å². The standard InChI is InChI=1S/C17H23NO/c19-17-8-13-6-14(9-17)16(15(7-13)10-17)18-11-12-4-2-1-3-5-12/h1-5,13-16,18-19H,6-11H2/t13?,14?,15?,16-,17-. The molecule has 4 fully saturated rings. The zero-order valence-corrected chi connectivity index (χ0v) is 11.4. The van der Waals surface area contributed by atoms with E-state index < -0.39 is 0 Å². The summed E-state index contributed by atoms with van der Waals surface area (Å²) >= 11 is 0. The Kier molecular flexibility index (Phi) is 2.71. The van der Waals surface area contributed by atoms with E-state index in [-0.39, 0.29) is 5.60 Å². The number of nitrogens with one attached hydrogen (secondary N) is 1. The summed E-state index contributed by atoms with van der Waals surface area (Å²) < 4.78 is 0. The van der Waals surface area contributed by atoms with Crippen LogP contribution in [0.15, 0.2) is 30.3 Å². The molecule has 2 heteroatoms. The van der Waals surface area contributed by atoms with Crippen molar-refractivity contribution in [3.05, 3.63) is 35.9 Å². The lowest BCUT2D eigenvalue weighted by Gasteiger charge is -2.58. The Balaban J connectivity index is 1.45. The van der Waals surface area contributed by atoms with E-state index in [1.807, 2.05) is 0 Å². The number of rotatable bonds is 3. The minimum Gasteiger partial charge on any atom is -0.390 e. The Hall–Kier alpha value is -0.860. The first-order chi connectivity index (χ1) is 9.22. The fourth-order valence-corrected chi connectivity index (χ4v) is 5.15. The minimum absolute atomic E-state index is 0.304. The molecular formula is C17H23NO. The molecule has 0 aromatic heterocycles. The average molecular weight is 257 g/mol. The van der Waals surface area contributed by atoms with Gasteiger partial charge in [0.1, 0.15) is 0 Å². The van der Waals surface area contributed by atoms with Crippen molar-refractivity contribution in [1.29, 1.82) is 0 Å². The first kappa shape index (κ1) is 11.9. The molecule has 2 atom stereocenters. The van der Waals surface area contributed by atoms with Gasteiger partial charge < -0.3 is 10.4 Å². The second-order valence-corrected chi connectivity index (χ2v) is 7.09. The van der Waals surface area contributed by atoms with Gasteiger partial charge in [0.2, 0.25) is 0 Å². The predicted octanol–water partition coefficient (Wildman–Crippen LogP) is 2.72. The molecule has 2 N–H and O–H groups in total. The zero-order chi connectivity index (χ0) is 12.9. The molecule has 2 nitrogen and oxygen atoms in total. The van der Waals surface area contributed by atoms with Gasteiger partial charge in [0.05, 0.1) is 5.60 Å². The molecule has 19 heavy (non-hydrogen) atoms. The van der Waals surface area contributed by atoms with Gasteiger partial charge in [-0.1, -0.05) is 30.3 Å². The largest absolute Gasteiger partial charge is 0.390 e. The van der Waals surface area contributed by atoms with Crippen LogP contribution in [0.2, 0.25) is 0 Å². The molecule has 0 spiro atoms. The second kappa shape index (κ2) is 4.32. The molecule has 4 saturated carbocycles. The van der Waals surface area contributed by atoms with E-state index in [1.54, 1.807) is 0 Å². The van der Waals surface area contributed by atoms with Crippen LogP contribution in [0.4, 0.5) is 0 Å². The molecule has 102 valence electrons. The summed E-state index contributed by atoms with van der Waals surface area (Å²) in [6, 6.07) is 11.3. The highest BCUT2D eigenvalue weighted by atomic mass is 16.3. The lowest BCUT2D eigenvalue weighted by molar-refractivity contribution is -0.138. The summed E-state index contributed by atoms with van der Waals surface area (Å²) in [6.45, 7) is 0.974. The van der Waals surface area contributed by atoms with Crippen molar-refractivity contribution in [3.8, 4) is 0 Å². The van der Waals surface area contributed by atoms with Crippen LogP contribution in [0.5, 0.6) is 0 Å². The SMILES string of the molecule is O[C@]12CC3CC(C1)[C@@H](NCc1ccccc1)C(C3)C2. The molecule has 4 aliphatic carbocycles. The van der Waals surface area contributed by atoms with Gasteiger partial charge in [-0.3, -0.25) is 0 Å². The first-order valence-corrected chi connectivity index (χ1v) is 7.72. The smallest absolute Gasteiger partial charge is 0.0657 e. The molecule has 0 amide bonds. The Bertz CT molecular complexity index is 442. The van der Waals surface area contributed by atoms with Gasteiger partial charge in [0, 0.05) is 12.6 Å². The van der Waals surface area contributed by atoms with Crippen molar-refractivity contribution in [2.75, 3.05) is 0 Å². The van der Waals surface area contributed by atoms with Crippen LogP contribution in [0, 0.1) is 17.8 Å². The summed E-state index contributed by atoms with van der Waals surface area (Å²) in [4.78, 5) is 0. The molecule has 0 radical (unpaired) electrons. The van der Waals surface area contributed by atoms with Crippen molar-refractivity contribution in [2.45, 2.75) is 50.3 Å². The maximum atomic E-state index is 10.6. The summed E-state index contributed by atoms with van der Waals surface area (Å²) in [7, 11) is 0. The Morgan fingerprint density at radius 3 is 2.37 bits per heavy atom. The van der Waals surface area contributed by atoms with Crippen LogP contribution in [0.3, 0.4) is 0 Å². The molecule has 2 unspecified atom stereocenters. The number of hydrogen-bond acceptors (Lipinski definition) is 2. The van der Waals surface area contributed by atoms with Gasteiger partial charge >= 0.3 is 0 Å². The van der Waals surface area contributed by atoms with E-state index in [1.165, 1.54) is 18.4 Å². The summed E-state index contributed by atoms with van der Waals surface area (Å²) in [5.74, 6) is 2.22. The third-order valence-electron chi connectivity index (χ3n) is 5.63. The van der Waals surface area contributed by atoms with Crippen LogP contribution in [0.1, 0.15) is 37.7 Å². The maximum absolute atomic E-state index is 10.6. The first-order valence-electron chi connectivity index (χ1n) is 7.72. The van der Waals surface area contributed by atoms with Crippen molar-refractivity contribution in [3.63, 3.8) is 0 Å². The molecule has 0 heterocycles. The summed E-state index contributed by atoms with van der Waals surface area (Å²) in [5, 5.41) is 14.4. The molecule has 0 saturated heterocycles. The zero-order valence-electron chi connectivity index (χ0n) is 11.4. The Labute approximate surface area is 115 Å². The van der Waals surface area contributed by atoms with Crippen LogP contribution >= 0.6 is 0 Å². The normalized spacial score (nSPS) is 43.6. The van der Waals surface area contributed by atoms with Gasteiger partial charge in [-0.05, 0) is 55.4 Å². The quantitative estimate of drug-likeness (QED) is 0.872. The summed E-state index contributed by atoms with van der Waals surface area (Å²) in [6.07, 6.45) is 5.82. The number of aliphatic hydroxyl groups is 1. The van der Waals surface area contributed by atoms with Crippen molar-refractivity contribution < 1.29 is 5.11 Å². The van der Waals surface area contributed by atoms with Crippen molar-refractivity contribution >= 4 is 0 Å². The highest BCUT2D eigenvalue weighted by molar-refractivity contribution is 5.15. The highest BCUT2D eigenvalue weighted by Gasteiger charge is 2.54. The molecule has 5 rings (SSSR count). The van der Waals surface area contributed by atoms with Gasteiger partial charge in [0.15, 0.2) is 0 Å². The number of hydrogen-bond donors (Lipinski definition) is 2. The van der Waals surface area contributed by atoms with Gasteiger partial charge in [-0.15, -0.1) is 0 Å². The molecule has 1 aromatic carbocycles. The van der Waals surface area contributed by atoms with E-state index in [0.717, 1.165) is 31.7 Å². The van der Waals surface area contributed by atoms with Crippen LogP contribution in [0.25, 0.3) is 0 Å². The van der Waals surface area contributed by atoms with Crippen LogP contribution in [-0.4, -0.2) is 16.7 Å². The van der Waals surface area contributed by atoms with Crippen molar-refractivity contribution in [1.82, 2.24) is 5.32 Å².